The zero-order chi connectivity index (χ0) is 17.4. The second-order valence-corrected chi connectivity index (χ2v) is 8.39. The molecule has 23 heavy (non-hydrogen) atoms. The molecule has 2 rings (SSSR count). The summed E-state index contributed by atoms with van der Waals surface area (Å²) >= 11 is 0. The predicted molar refractivity (Wildman–Crippen MR) is 92.8 cm³/mol. The lowest BCUT2D eigenvalue weighted by molar-refractivity contribution is -0.160. The molecule has 2 aliphatic carbocycles. The van der Waals surface area contributed by atoms with Gasteiger partial charge >= 0.3 is 5.97 Å². The lowest BCUT2D eigenvalue weighted by Gasteiger charge is -2.48. The lowest BCUT2D eigenvalue weighted by Crippen LogP contribution is -2.46. The molecule has 6 atom stereocenters. The molecule has 3 nitrogen and oxygen atoms in total. The molecule has 0 aromatic heterocycles. The number of esters is 1. The summed E-state index contributed by atoms with van der Waals surface area (Å²) in [6.07, 6.45) is 6.80. The van der Waals surface area contributed by atoms with Gasteiger partial charge in [-0.15, -0.1) is 0 Å². The topological polar surface area (TPSA) is 46.5 Å². The van der Waals surface area contributed by atoms with Crippen LogP contribution in [0.2, 0.25) is 0 Å². The highest BCUT2D eigenvalue weighted by Gasteiger charge is 2.46. The molecular formula is C20H32O3. The van der Waals surface area contributed by atoms with Crippen molar-refractivity contribution in [3.05, 3.63) is 23.8 Å². The molecular weight excluding hydrogens is 288 g/mol. The lowest BCUT2D eigenvalue weighted by atomic mass is 9.59. The van der Waals surface area contributed by atoms with Crippen molar-refractivity contribution in [3.8, 4) is 0 Å². The van der Waals surface area contributed by atoms with Gasteiger partial charge in [-0.2, -0.15) is 0 Å². The maximum atomic E-state index is 12.3. The first kappa shape index (κ1) is 18.3. The van der Waals surface area contributed by atoms with Crippen LogP contribution in [0.1, 0.15) is 54.4 Å². The molecule has 1 N–H and O–H groups in total. The molecule has 0 aliphatic heterocycles. The van der Waals surface area contributed by atoms with Crippen LogP contribution in [0.4, 0.5) is 0 Å². The van der Waals surface area contributed by atoms with Crippen molar-refractivity contribution < 1.29 is 14.6 Å². The van der Waals surface area contributed by atoms with E-state index in [4.69, 9.17) is 4.74 Å². The number of fused-ring (bicyclic) bond motifs is 1. The van der Waals surface area contributed by atoms with Gasteiger partial charge in [0.1, 0.15) is 6.10 Å². The van der Waals surface area contributed by atoms with E-state index in [0.29, 0.717) is 18.3 Å². The Morgan fingerprint density at radius 2 is 2.09 bits per heavy atom. The number of aliphatic hydroxyl groups is 1. The first-order chi connectivity index (χ1) is 10.6. The monoisotopic (exact) mass is 320 g/mol. The van der Waals surface area contributed by atoms with Crippen LogP contribution < -0.4 is 0 Å². The highest BCUT2D eigenvalue weighted by Crippen LogP contribution is 2.49. The Kier molecular flexibility index (Phi) is 5.40. The quantitative estimate of drug-likeness (QED) is 0.796. The van der Waals surface area contributed by atoms with E-state index in [0.717, 1.165) is 12.0 Å². The summed E-state index contributed by atoms with van der Waals surface area (Å²) in [5, 5.41) is 10.2. The Bertz CT molecular complexity index is 498. The normalized spacial score (nSPS) is 35.3. The minimum Gasteiger partial charge on any atom is -0.461 e. The molecule has 0 saturated heterocycles. The molecule has 0 heterocycles. The molecule has 0 aromatic rings. The van der Waals surface area contributed by atoms with E-state index in [-0.39, 0.29) is 29.3 Å². The number of hydrogen-bond donors (Lipinski definition) is 1. The van der Waals surface area contributed by atoms with Gasteiger partial charge in [0.25, 0.3) is 0 Å². The highest BCUT2D eigenvalue weighted by atomic mass is 16.5. The van der Waals surface area contributed by atoms with Crippen molar-refractivity contribution in [2.45, 2.75) is 66.6 Å². The van der Waals surface area contributed by atoms with Crippen LogP contribution in [0.3, 0.4) is 0 Å². The summed E-state index contributed by atoms with van der Waals surface area (Å²) in [4.78, 5) is 12.3. The second kappa shape index (κ2) is 6.80. The Labute approximate surface area is 140 Å². The molecule has 0 fully saturated rings. The number of aliphatic hydroxyl groups excluding tert-OH is 1. The van der Waals surface area contributed by atoms with E-state index in [1.807, 2.05) is 19.9 Å². The molecule has 0 radical (unpaired) electrons. The average Bonchev–Trinajstić information content (AvgIpc) is 2.45. The first-order valence-corrected chi connectivity index (χ1v) is 8.93. The summed E-state index contributed by atoms with van der Waals surface area (Å²) in [7, 11) is 0. The number of hydrogen-bond acceptors (Lipinski definition) is 3. The Hall–Kier alpha value is -1.09. The van der Waals surface area contributed by atoms with Gasteiger partial charge in [0.05, 0.1) is 12.0 Å². The minimum atomic E-state index is -0.533. The van der Waals surface area contributed by atoms with E-state index in [1.165, 1.54) is 0 Å². The minimum absolute atomic E-state index is 0.0915. The number of allylic oxidation sites excluding steroid dienone is 2. The SMILES string of the molecule is CC[C@H](C)C(=O)OC1C[C@H](O)C=C2C=C[C@@H](C)[C@H](C(C)(C)C)C21. The van der Waals surface area contributed by atoms with Gasteiger partial charge in [-0.05, 0) is 29.2 Å². The fourth-order valence-corrected chi connectivity index (χ4v) is 4.20. The molecule has 0 bridgehead atoms. The van der Waals surface area contributed by atoms with E-state index in [1.54, 1.807) is 0 Å². The summed E-state index contributed by atoms with van der Waals surface area (Å²) in [5.74, 6) is 0.761. The summed E-state index contributed by atoms with van der Waals surface area (Å²) in [5.41, 5.74) is 1.24. The largest absolute Gasteiger partial charge is 0.461 e. The number of rotatable bonds is 3. The smallest absolute Gasteiger partial charge is 0.308 e. The van der Waals surface area contributed by atoms with Gasteiger partial charge in [0.2, 0.25) is 0 Å². The standard InChI is InChI=1S/C20H32O3/c1-7-12(2)19(22)23-16-11-15(21)10-14-9-8-13(3)18(17(14)16)20(4,5)6/h8-10,12-13,15-18,21H,7,11H2,1-6H3/t12-,13+,15+,16?,17?,18-/m0/s1. The van der Waals surface area contributed by atoms with Crippen LogP contribution in [-0.4, -0.2) is 23.3 Å². The fraction of sp³-hybridized carbons (Fsp3) is 0.750. The Balaban J connectivity index is 2.34. The molecule has 2 unspecified atom stereocenters. The summed E-state index contributed by atoms with van der Waals surface area (Å²) in [6.45, 7) is 12.9. The zero-order valence-electron chi connectivity index (χ0n) is 15.4. The molecule has 130 valence electrons. The van der Waals surface area contributed by atoms with Crippen molar-refractivity contribution in [1.82, 2.24) is 0 Å². The Morgan fingerprint density at radius 1 is 1.43 bits per heavy atom. The van der Waals surface area contributed by atoms with Crippen LogP contribution in [0.25, 0.3) is 0 Å². The van der Waals surface area contributed by atoms with Gasteiger partial charge in [-0.1, -0.05) is 59.8 Å². The molecule has 0 saturated carbocycles. The molecule has 3 heteroatoms. The van der Waals surface area contributed by atoms with Crippen LogP contribution in [0.15, 0.2) is 23.8 Å². The first-order valence-electron chi connectivity index (χ1n) is 8.93. The molecule has 0 spiro atoms. The highest BCUT2D eigenvalue weighted by molar-refractivity contribution is 5.72. The third kappa shape index (κ3) is 3.88. The van der Waals surface area contributed by atoms with Gasteiger partial charge < -0.3 is 9.84 Å². The number of ether oxygens (including phenoxy) is 1. The molecule has 2 aliphatic rings. The number of carbonyl (C=O) groups excluding carboxylic acids is 1. The van der Waals surface area contributed by atoms with E-state index in [9.17, 15) is 9.90 Å². The zero-order valence-corrected chi connectivity index (χ0v) is 15.4. The van der Waals surface area contributed by atoms with Crippen LogP contribution in [-0.2, 0) is 9.53 Å². The van der Waals surface area contributed by atoms with Gasteiger partial charge in [0.15, 0.2) is 0 Å². The van der Waals surface area contributed by atoms with Crippen molar-refractivity contribution in [2.24, 2.45) is 29.1 Å². The molecule has 0 amide bonds. The van der Waals surface area contributed by atoms with Crippen molar-refractivity contribution >= 4 is 5.97 Å². The molecule has 0 aromatic carbocycles. The maximum absolute atomic E-state index is 12.3. The van der Waals surface area contributed by atoms with Gasteiger partial charge in [-0.25, -0.2) is 0 Å². The van der Waals surface area contributed by atoms with Gasteiger partial charge in [0, 0.05) is 12.3 Å². The van der Waals surface area contributed by atoms with Crippen LogP contribution >= 0.6 is 0 Å². The predicted octanol–water partition coefficient (Wildman–Crippen LogP) is 4.12. The average molecular weight is 320 g/mol. The number of carbonyl (C=O) groups is 1. The second-order valence-electron chi connectivity index (χ2n) is 8.39. The van der Waals surface area contributed by atoms with Crippen molar-refractivity contribution in [1.29, 1.82) is 0 Å². The van der Waals surface area contributed by atoms with E-state index < -0.39 is 6.10 Å². The van der Waals surface area contributed by atoms with Crippen molar-refractivity contribution in [3.63, 3.8) is 0 Å². The van der Waals surface area contributed by atoms with Crippen LogP contribution in [0.5, 0.6) is 0 Å². The van der Waals surface area contributed by atoms with Crippen molar-refractivity contribution in [2.75, 3.05) is 0 Å². The third-order valence-corrected chi connectivity index (χ3v) is 5.47. The van der Waals surface area contributed by atoms with Gasteiger partial charge in [-0.3, -0.25) is 4.79 Å². The summed E-state index contributed by atoms with van der Waals surface area (Å²) < 4.78 is 5.88. The fourth-order valence-electron chi connectivity index (χ4n) is 4.20. The Morgan fingerprint density at radius 3 is 2.65 bits per heavy atom. The maximum Gasteiger partial charge on any atom is 0.308 e. The van der Waals surface area contributed by atoms with Crippen LogP contribution in [0, 0.1) is 29.1 Å². The third-order valence-electron chi connectivity index (χ3n) is 5.47. The van der Waals surface area contributed by atoms with E-state index >= 15 is 0 Å². The van der Waals surface area contributed by atoms with E-state index in [2.05, 4.69) is 39.8 Å². The summed E-state index contributed by atoms with van der Waals surface area (Å²) in [6, 6.07) is 0.